The zero-order valence-corrected chi connectivity index (χ0v) is 12.8. The third kappa shape index (κ3) is 4.07. The van der Waals surface area contributed by atoms with E-state index < -0.39 is 11.9 Å². The summed E-state index contributed by atoms with van der Waals surface area (Å²) in [5.41, 5.74) is 0.986. The highest BCUT2D eigenvalue weighted by Gasteiger charge is 2.12. The smallest absolute Gasteiger partial charge is 0.348 e. The van der Waals surface area contributed by atoms with E-state index in [-0.39, 0.29) is 10.6 Å². The third-order valence-electron chi connectivity index (χ3n) is 2.49. The Kier molecular flexibility index (Phi) is 5.01. The van der Waals surface area contributed by atoms with Crippen molar-refractivity contribution in [1.82, 2.24) is 0 Å². The van der Waals surface area contributed by atoms with Gasteiger partial charge in [0.15, 0.2) is 0 Å². The first-order valence-electron chi connectivity index (χ1n) is 5.72. The number of thiophene rings is 1. The highest BCUT2D eigenvalue weighted by Crippen LogP contribution is 2.24. The van der Waals surface area contributed by atoms with Gasteiger partial charge in [0.25, 0.3) is 0 Å². The molecule has 0 aliphatic heterocycles. The lowest BCUT2D eigenvalue weighted by atomic mass is 10.2. The molecular weight excluding hydrogens is 333 g/mol. The van der Waals surface area contributed by atoms with Gasteiger partial charge in [-0.3, -0.25) is 4.79 Å². The molecule has 1 amide bonds. The van der Waals surface area contributed by atoms with Gasteiger partial charge in [-0.15, -0.1) is 11.3 Å². The van der Waals surface area contributed by atoms with Crippen LogP contribution in [0.25, 0.3) is 6.08 Å². The molecule has 7 heteroatoms. The van der Waals surface area contributed by atoms with E-state index in [0.29, 0.717) is 15.6 Å². The summed E-state index contributed by atoms with van der Waals surface area (Å²) in [6.07, 6.45) is 2.85. The number of carbonyl (C=O) groups excluding carboxylic acids is 1. The molecule has 0 bridgehead atoms. The summed E-state index contributed by atoms with van der Waals surface area (Å²) in [7, 11) is 0. The lowest BCUT2D eigenvalue weighted by Gasteiger charge is -2.01. The van der Waals surface area contributed by atoms with Gasteiger partial charge in [0, 0.05) is 6.08 Å². The molecule has 0 aliphatic carbocycles. The number of benzene rings is 1. The lowest BCUT2D eigenvalue weighted by Crippen LogP contribution is -2.09. The molecule has 0 radical (unpaired) electrons. The van der Waals surface area contributed by atoms with E-state index in [2.05, 4.69) is 5.32 Å². The Morgan fingerprint density at radius 3 is 2.62 bits per heavy atom. The van der Waals surface area contributed by atoms with E-state index in [4.69, 9.17) is 28.3 Å². The number of carbonyl (C=O) groups is 2. The molecule has 0 spiro atoms. The van der Waals surface area contributed by atoms with Crippen molar-refractivity contribution in [2.24, 2.45) is 0 Å². The van der Waals surface area contributed by atoms with Crippen molar-refractivity contribution >= 4 is 58.2 Å². The van der Waals surface area contributed by atoms with Gasteiger partial charge in [-0.1, -0.05) is 29.3 Å². The molecule has 0 fully saturated rings. The molecule has 0 unspecified atom stereocenters. The molecule has 0 atom stereocenters. The van der Waals surface area contributed by atoms with Gasteiger partial charge in [0.05, 0.1) is 15.7 Å². The fourth-order valence-corrected chi connectivity index (χ4v) is 2.53. The SMILES string of the molecule is O=C(/C=C/c1ccc(Cl)c(Cl)c1)Nc1ccsc1C(=O)O. The number of halogens is 2. The molecule has 2 aromatic rings. The van der Waals surface area contributed by atoms with Gasteiger partial charge < -0.3 is 10.4 Å². The van der Waals surface area contributed by atoms with Crippen LogP contribution in [0.3, 0.4) is 0 Å². The second-order valence-electron chi connectivity index (χ2n) is 3.96. The fourth-order valence-electron chi connectivity index (χ4n) is 1.54. The summed E-state index contributed by atoms with van der Waals surface area (Å²) >= 11 is 12.7. The maximum absolute atomic E-state index is 11.8. The molecule has 1 aromatic heterocycles. The Hall–Kier alpha value is -1.82. The average Bonchev–Trinajstić information content (AvgIpc) is 2.88. The van der Waals surface area contributed by atoms with Crippen molar-refractivity contribution in [2.75, 3.05) is 5.32 Å². The molecule has 0 aliphatic rings. The molecule has 1 aromatic carbocycles. The van der Waals surface area contributed by atoms with Gasteiger partial charge in [0.2, 0.25) is 5.91 Å². The van der Waals surface area contributed by atoms with Crippen LogP contribution in [0.4, 0.5) is 5.69 Å². The largest absolute Gasteiger partial charge is 0.477 e. The minimum atomic E-state index is -1.08. The maximum atomic E-state index is 11.8. The fraction of sp³-hybridized carbons (Fsp3) is 0. The standard InChI is InChI=1S/C14H9Cl2NO3S/c15-9-3-1-8(7-10(9)16)2-4-12(18)17-11-5-6-21-13(11)14(19)20/h1-7H,(H,17,18)(H,19,20)/b4-2+. The number of carboxylic acids is 1. The van der Waals surface area contributed by atoms with Gasteiger partial charge in [-0.25, -0.2) is 4.79 Å². The lowest BCUT2D eigenvalue weighted by molar-refractivity contribution is -0.111. The van der Waals surface area contributed by atoms with Crippen molar-refractivity contribution in [3.05, 3.63) is 56.2 Å². The van der Waals surface area contributed by atoms with E-state index in [1.165, 1.54) is 6.08 Å². The second-order valence-corrected chi connectivity index (χ2v) is 5.70. The minimum Gasteiger partial charge on any atom is -0.477 e. The third-order valence-corrected chi connectivity index (χ3v) is 4.13. The Bertz CT molecular complexity index is 725. The van der Waals surface area contributed by atoms with E-state index in [1.807, 2.05) is 0 Å². The number of hydrogen-bond donors (Lipinski definition) is 2. The van der Waals surface area contributed by atoms with Crippen molar-refractivity contribution in [3.63, 3.8) is 0 Å². The monoisotopic (exact) mass is 341 g/mol. The van der Waals surface area contributed by atoms with Gasteiger partial charge in [-0.05, 0) is 35.2 Å². The first kappa shape index (κ1) is 15.6. The van der Waals surface area contributed by atoms with E-state index >= 15 is 0 Å². The highest BCUT2D eigenvalue weighted by molar-refractivity contribution is 7.12. The van der Waals surface area contributed by atoms with Gasteiger partial charge in [-0.2, -0.15) is 0 Å². The van der Waals surface area contributed by atoms with E-state index in [9.17, 15) is 9.59 Å². The predicted octanol–water partition coefficient (Wildman–Crippen LogP) is 4.41. The molecule has 108 valence electrons. The average molecular weight is 342 g/mol. The number of hydrogen-bond acceptors (Lipinski definition) is 3. The van der Waals surface area contributed by atoms with Crippen LogP contribution >= 0.6 is 34.5 Å². The van der Waals surface area contributed by atoms with E-state index in [1.54, 1.807) is 35.7 Å². The van der Waals surface area contributed by atoms with Crippen molar-refractivity contribution in [3.8, 4) is 0 Å². The first-order valence-corrected chi connectivity index (χ1v) is 7.36. The Balaban J connectivity index is 2.07. The van der Waals surface area contributed by atoms with Crippen LogP contribution in [0.1, 0.15) is 15.2 Å². The van der Waals surface area contributed by atoms with E-state index in [0.717, 1.165) is 11.3 Å². The minimum absolute atomic E-state index is 0.0892. The maximum Gasteiger partial charge on any atom is 0.348 e. The summed E-state index contributed by atoms with van der Waals surface area (Å²) < 4.78 is 0. The van der Waals surface area contributed by atoms with Crippen LogP contribution in [0.15, 0.2) is 35.7 Å². The van der Waals surface area contributed by atoms with Crippen molar-refractivity contribution in [1.29, 1.82) is 0 Å². The highest BCUT2D eigenvalue weighted by atomic mass is 35.5. The van der Waals surface area contributed by atoms with Crippen LogP contribution < -0.4 is 5.32 Å². The molecule has 4 nitrogen and oxygen atoms in total. The molecule has 0 saturated heterocycles. The summed E-state index contributed by atoms with van der Waals surface area (Å²) in [6, 6.07) is 6.51. The topological polar surface area (TPSA) is 66.4 Å². The zero-order valence-electron chi connectivity index (χ0n) is 10.5. The predicted molar refractivity (Wildman–Crippen MR) is 85.4 cm³/mol. The quantitative estimate of drug-likeness (QED) is 0.809. The molecule has 0 saturated carbocycles. The van der Waals surface area contributed by atoms with Crippen LogP contribution in [-0.4, -0.2) is 17.0 Å². The molecular formula is C14H9Cl2NO3S. The van der Waals surface area contributed by atoms with Crippen LogP contribution in [-0.2, 0) is 4.79 Å². The molecule has 21 heavy (non-hydrogen) atoms. The number of carboxylic acid groups (broad SMARTS) is 1. The summed E-state index contributed by atoms with van der Waals surface area (Å²) in [6.45, 7) is 0. The number of anilines is 1. The summed E-state index contributed by atoms with van der Waals surface area (Å²) in [5.74, 6) is -1.50. The number of rotatable bonds is 4. The van der Waals surface area contributed by atoms with Gasteiger partial charge >= 0.3 is 5.97 Å². The van der Waals surface area contributed by atoms with Crippen LogP contribution in [0.2, 0.25) is 10.0 Å². The van der Waals surface area contributed by atoms with Crippen LogP contribution in [0.5, 0.6) is 0 Å². The Morgan fingerprint density at radius 1 is 1.19 bits per heavy atom. The molecule has 2 N–H and O–H groups in total. The number of amides is 1. The number of nitrogens with one attached hydrogen (secondary N) is 1. The number of aromatic carboxylic acids is 1. The Morgan fingerprint density at radius 2 is 1.95 bits per heavy atom. The second kappa shape index (κ2) is 6.76. The van der Waals surface area contributed by atoms with Crippen molar-refractivity contribution in [2.45, 2.75) is 0 Å². The summed E-state index contributed by atoms with van der Waals surface area (Å²) in [4.78, 5) is 22.8. The van der Waals surface area contributed by atoms with Gasteiger partial charge in [0.1, 0.15) is 4.88 Å². The normalized spacial score (nSPS) is 10.8. The first-order chi connectivity index (χ1) is 9.97. The summed E-state index contributed by atoms with van der Waals surface area (Å²) in [5, 5.41) is 13.9. The molecule has 1 heterocycles. The molecule has 2 rings (SSSR count). The Labute approximate surface area is 134 Å². The van der Waals surface area contributed by atoms with Crippen LogP contribution in [0, 0.1) is 0 Å². The van der Waals surface area contributed by atoms with Crippen molar-refractivity contribution < 1.29 is 14.7 Å². The zero-order chi connectivity index (χ0) is 15.4.